The van der Waals surface area contributed by atoms with Crippen molar-refractivity contribution >= 4 is 0 Å². The molecule has 0 spiro atoms. The van der Waals surface area contributed by atoms with Crippen LogP contribution in [0.1, 0.15) is 32.6 Å². The quantitative estimate of drug-likeness (QED) is 0.577. The Hall–Kier alpha value is -0.0800. The largest absolute Gasteiger partial charge is 0.287 e. The maximum absolute atomic E-state index is 4.69. The lowest BCUT2D eigenvalue weighted by molar-refractivity contribution is 0.140. The van der Waals surface area contributed by atoms with Crippen molar-refractivity contribution in [1.82, 2.24) is 10.2 Å². The molecule has 12 heavy (non-hydrogen) atoms. The molecule has 0 amide bonds. The number of nitrogens with zero attached hydrogens (tertiary/aromatic N) is 2. The van der Waals surface area contributed by atoms with Crippen molar-refractivity contribution in [2.75, 3.05) is 19.6 Å². The lowest BCUT2D eigenvalue weighted by atomic mass is 9.97. The third-order valence-electron chi connectivity index (χ3n) is 3.14. The number of hydrogen-bond acceptors (Lipinski definition) is 1. The molecule has 2 unspecified atom stereocenters. The van der Waals surface area contributed by atoms with Gasteiger partial charge in [-0.1, -0.05) is 6.92 Å². The Morgan fingerprint density at radius 3 is 2.67 bits per heavy atom. The second kappa shape index (κ2) is 3.75. The second-order valence-electron chi connectivity index (χ2n) is 4.26. The average Bonchev–Trinajstić information content (AvgIpc) is 2.56. The molecule has 0 aromatic heterocycles. The van der Waals surface area contributed by atoms with Crippen molar-refractivity contribution in [1.29, 1.82) is 0 Å². The van der Waals surface area contributed by atoms with Crippen LogP contribution in [0.15, 0.2) is 0 Å². The molecule has 2 nitrogen and oxygen atoms in total. The van der Waals surface area contributed by atoms with Gasteiger partial charge in [-0.3, -0.25) is 4.90 Å². The number of piperidine rings is 1. The van der Waals surface area contributed by atoms with E-state index in [-0.39, 0.29) is 0 Å². The van der Waals surface area contributed by atoms with Gasteiger partial charge in [0.05, 0.1) is 6.17 Å². The summed E-state index contributed by atoms with van der Waals surface area (Å²) in [6, 6.07) is 0. The molecule has 0 N–H and O–H groups in total. The summed E-state index contributed by atoms with van der Waals surface area (Å²) in [6.45, 7) is 6.04. The number of likely N-dealkylation sites (tertiary alicyclic amines) is 1. The maximum Gasteiger partial charge on any atom is 0.0763 e. The summed E-state index contributed by atoms with van der Waals surface area (Å²) in [5.41, 5.74) is 0. The Balaban J connectivity index is 1.85. The molecule has 2 heteroatoms. The normalized spacial score (nSPS) is 38.8. The van der Waals surface area contributed by atoms with Crippen LogP contribution in [0.25, 0.3) is 0 Å². The van der Waals surface area contributed by atoms with Gasteiger partial charge < -0.3 is 0 Å². The first-order valence-corrected chi connectivity index (χ1v) is 5.27. The van der Waals surface area contributed by atoms with Crippen molar-refractivity contribution in [3.8, 4) is 0 Å². The summed E-state index contributed by atoms with van der Waals surface area (Å²) in [4.78, 5) is 2.57. The molecule has 2 rings (SSSR count). The van der Waals surface area contributed by atoms with E-state index in [1.807, 2.05) is 0 Å². The van der Waals surface area contributed by atoms with Gasteiger partial charge in [0.15, 0.2) is 0 Å². The molecule has 1 radical (unpaired) electrons. The molecule has 2 fully saturated rings. The summed E-state index contributed by atoms with van der Waals surface area (Å²) in [6.07, 6.45) is 5.97. The van der Waals surface area contributed by atoms with Crippen molar-refractivity contribution in [3.63, 3.8) is 0 Å². The first kappa shape index (κ1) is 8.52. The fourth-order valence-corrected chi connectivity index (χ4v) is 2.30. The van der Waals surface area contributed by atoms with Crippen LogP contribution in [0.2, 0.25) is 0 Å². The highest BCUT2D eigenvalue weighted by Gasteiger charge is 2.26. The van der Waals surface area contributed by atoms with Crippen molar-refractivity contribution < 1.29 is 0 Å². The van der Waals surface area contributed by atoms with E-state index >= 15 is 0 Å². The van der Waals surface area contributed by atoms with E-state index in [0.717, 1.165) is 12.5 Å². The van der Waals surface area contributed by atoms with Gasteiger partial charge in [0.25, 0.3) is 0 Å². The molecule has 0 saturated carbocycles. The Bertz CT molecular complexity index is 141. The second-order valence-corrected chi connectivity index (χ2v) is 4.26. The molecule has 0 aromatic rings. The zero-order valence-electron chi connectivity index (χ0n) is 8.00. The molecule has 2 atom stereocenters. The van der Waals surface area contributed by atoms with Gasteiger partial charge in [0.2, 0.25) is 0 Å². The minimum Gasteiger partial charge on any atom is -0.287 e. The zero-order valence-corrected chi connectivity index (χ0v) is 8.00. The Morgan fingerprint density at radius 1 is 1.25 bits per heavy atom. The molecule has 0 aromatic carbocycles. The van der Waals surface area contributed by atoms with Crippen LogP contribution >= 0.6 is 0 Å². The highest BCUT2D eigenvalue weighted by Crippen LogP contribution is 2.21. The van der Waals surface area contributed by atoms with E-state index in [4.69, 9.17) is 0 Å². The minimum atomic E-state index is 0.580. The first-order chi connectivity index (χ1) is 5.86. The topological polar surface area (TPSA) is 17.3 Å². The fourth-order valence-electron chi connectivity index (χ4n) is 2.30. The van der Waals surface area contributed by atoms with E-state index in [9.17, 15) is 0 Å². The monoisotopic (exact) mass is 167 g/mol. The van der Waals surface area contributed by atoms with Crippen LogP contribution in [-0.4, -0.2) is 30.7 Å². The molecule has 2 aliphatic heterocycles. The first-order valence-electron chi connectivity index (χ1n) is 5.27. The SMILES string of the molecule is CC1CC[N]C(N2CCCC2)C1. The highest BCUT2D eigenvalue weighted by atomic mass is 15.3. The standard InChI is InChI=1S/C10H19N2/c1-9-4-5-11-10(8-9)12-6-2-3-7-12/h9-10H,2-8H2,1H3. The number of hydrogen-bond donors (Lipinski definition) is 0. The summed E-state index contributed by atoms with van der Waals surface area (Å²) in [7, 11) is 0. The Morgan fingerprint density at radius 2 is 2.00 bits per heavy atom. The van der Waals surface area contributed by atoms with Gasteiger partial charge in [-0.15, -0.1) is 0 Å². The third kappa shape index (κ3) is 1.80. The Kier molecular flexibility index (Phi) is 2.66. The summed E-state index contributed by atoms with van der Waals surface area (Å²) >= 11 is 0. The van der Waals surface area contributed by atoms with Crippen LogP contribution in [-0.2, 0) is 0 Å². The zero-order chi connectivity index (χ0) is 8.39. The lowest BCUT2D eigenvalue weighted by Gasteiger charge is -2.33. The van der Waals surface area contributed by atoms with Crippen LogP contribution in [0.4, 0.5) is 0 Å². The minimum absolute atomic E-state index is 0.580. The molecule has 2 aliphatic rings. The molecule has 2 saturated heterocycles. The van der Waals surface area contributed by atoms with Gasteiger partial charge in [-0.2, -0.15) is 0 Å². The van der Waals surface area contributed by atoms with Gasteiger partial charge in [-0.25, -0.2) is 5.32 Å². The van der Waals surface area contributed by atoms with Crippen LogP contribution < -0.4 is 5.32 Å². The predicted molar refractivity (Wildman–Crippen MR) is 50.0 cm³/mol. The molecule has 0 bridgehead atoms. The molecule has 2 heterocycles. The van der Waals surface area contributed by atoms with E-state index in [2.05, 4.69) is 17.1 Å². The predicted octanol–water partition coefficient (Wildman–Crippen LogP) is 1.44. The van der Waals surface area contributed by atoms with Crippen molar-refractivity contribution in [3.05, 3.63) is 0 Å². The lowest BCUT2D eigenvalue weighted by Crippen LogP contribution is -2.44. The van der Waals surface area contributed by atoms with E-state index in [1.165, 1.54) is 38.8 Å². The van der Waals surface area contributed by atoms with E-state index < -0.39 is 0 Å². The van der Waals surface area contributed by atoms with Gasteiger partial charge in [0.1, 0.15) is 0 Å². The van der Waals surface area contributed by atoms with Gasteiger partial charge >= 0.3 is 0 Å². The van der Waals surface area contributed by atoms with Gasteiger partial charge in [-0.05, 0) is 44.7 Å². The number of rotatable bonds is 1. The molecular weight excluding hydrogens is 148 g/mol. The van der Waals surface area contributed by atoms with Crippen LogP contribution in [0, 0.1) is 5.92 Å². The molecular formula is C10H19N2. The van der Waals surface area contributed by atoms with Crippen LogP contribution in [0.3, 0.4) is 0 Å². The summed E-state index contributed by atoms with van der Waals surface area (Å²) in [5, 5.41) is 4.69. The molecule has 0 aliphatic carbocycles. The molecule has 69 valence electrons. The third-order valence-corrected chi connectivity index (χ3v) is 3.14. The maximum atomic E-state index is 4.69. The van der Waals surface area contributed by atoms with Crippen LogP contribution in [0.5, 0.6) is 0 Å². The smallest absolute Gasteiger partial charge is 0.0763 e. The fraction of sp³-hybridized carbons (Fsp3) is 1.00. The van der Waals surface area contributed by atoms with Crippen molar-refractivity contribution in [2.45, 2.75) is 38.8 Å². The van der Waals surface area contributed by atoms with E-state index in [1.54, 1.807) is 0 Å². The average molecular weight is 167 g/mol. The highest BCUT2D eigenvalue weighted by molar-refractivity contribution is 4.79. The van der Waals surface area contributed by atoms with Crippen molar-refractivity contribution in [2.24, 2.45) is 5.92 Å². The Labute approximate surface area is 75.3 Å². The summed E-state index contributed by atoms with van der Waals surface area (Å²) < 4.78 is 0. The van der Waals surface area contributed by atoms with E-state index in [0.29, 0.717) is 6.17 Å². The van der Waals surface area contributed by atoms with Gasteiger partial charge in [0, 0.05) is 6.54 Å². The summed E-state index contributed by atoms with van der Waals surface area (Å²) in [5.74, 6) is 0.896.